The van der Waals surface area contributed by atoms with Crippen LogP contribution in [0.5, 0.6) is 5.75 Å². The Bertz CT molecular complexity index is 1320. The molecule has 32 heavy (non-hydrogen) atoms. The third-order valence-electron chi connectivity index (χ3n) is 4.79. The second-order valence-corrected chi connectivity index (χ2v) is 6.84. The van der Waals surface area contributed by atoms with Crippen molar-refractivity contribution in [3.8, 4) is 22.6 Å². The molecule has 0 fully saturated rings. The monoisotopic (exact) mass is 423 g/mol. The smallest absolute Gasteiger partial charge is 0.209 e. The first-order valence-corrected chi connectivity index (χ1v) is 9.91. The first-order chi connectivity index (χ1) is 15.7. The molecule has 0 aliphatic heterocycles. The van der Waals surface area contributed by atoms with Crippen LogP contribution in [0.4, 0.5) is 5.69 Å². The molecule has 2 aromatic carbocycles. The van der Waals surface area contributed by atoms with Crippen LogP contribution in [0.15, 0.2) is 96.2 Å². The van der Waals surface area contributed by atoms with Gasteiger partial charge in [0, 0.05) is 42.1 Å². The number of benzene rings is 2. The Morgan fingerprint density at radius 2 is 1.91 bits per heavy atom. The fourth-order valence-electron chi connectivity index (χ4n) is 3.25. The Labute approximate surface area is 185 Å². The maximum Gasteiger partial charge on any atom is 0.209 e. The highest BCUT2D eigenvalue weighted by Gasteiger charge is 2.13. The van der Waals surface area contributed by atoms with Gasteiger partial charge in [0.2, 0.25) is 5.43 Å². The molecule has 2 heterocycles. The Kier molecular flexibility index (Phi) is 6.17. The molecule has 2 N–H and O–H groups in total. The summed E-state index contributed by atoms with van der Waals surface area (Å²) < 4.78 is 7.20. The summed E-state index contributed by atoms with van der Waals surface area (Å²) in [6, 6.07) is 20.5. The van der Waals surface area contributed by atoms with Gasteiger partial charge in [-0.15, -0.1) is 0 Å². The summed E-state index contributed by atoms with van der Waals surface area (Å²) in [6.07, 6.45) is 7.73. The van der Waals surface area contributed by atoms with E-state index in [4.69, 9.17) is 10.1 Å². The normalized spacial score (nSPS) is 11.1. The quantitative estimate of drug-likeness (QED) is 0.430. The van der Waals surface area contributed by atoms with Gasteiger partial charge in [0.05, 0.1) is 12.8 Å². The summed E-state index contributed by atoms with van der Waals surface area (Å²) >= 11 is 0. The molecular weight excluding hydrogens is 402 g/mol. The molecule has 0 saturated carbocycles. The van der Waals surface area contributed by atoms with Gasteiger partial charge < -0.3 is 15.5 Å². The van der Waals surface area contributed by atoms with Gasteiger partial charge >= 0.3 is 0 Å². The molecule has 0 aliphatic rings. The first-order valence-electron chi connectivity index (χ1n) is 9.91. The number of nitrogens with one attached hydrogen (secondary N) is 2. The van der Waals surface area contributed by atoms with Crippen LogP contribution in [0.2, 0.25) is 0 Å². The lowest BCUT2D eigenvalue weighted by Crippen LogP contribution is -2.18. The molecule has 158 valence electrons. The molecule has 4 rings (SSSR count). The minimum absolute atomic E-state index is 0.193. The highest BCUT2D eigenvalue weighted by molar-refractivity contribution is 5.86. The van der Waals surface area contributed by atoms with Gasteiger partial charge in [-0.3, -0.25) is 9.78 Å². The van der Waals surface area contributed by atoms with Crippen LogP contribution in [0.1, 0.15) is 5.69 Å². The highest BCUT2D eigenvalue weighted by Crippen LogP contribution is 2.29. The van der Waals surface area contributed by atoms with E-state index in [0.29, 0.717) is 17.1 Å². The average Bonchev–Trinajstić information content (AvgIpc) is 2.85. The summed E-state index contributed by atoms with van der Waals surface area (Å²) in [7, 11) is 1.59. The Hall–Kier alpha value is -4.52. The highest BCUT2D eigenvalue weighted by atomic mass is 16.5. The van der Waals surface area contributed by atoms with Gasteiger partial charge in [0.25, 0.3) is 0 Å². The molecule has 0 radical (unpaired) electrons. The summed E-state index contributed by atoms with van der Waals surface area (Å²) in [5.74, 6) is 0.599. The molecule has 0 atom stereocenters. The molecular formula is C25H21N5O2. The van der Waals surface area contributed by atoms with E-state index >= 15 is 0 Å². The molecule has 0 unspecified atom stereocenters. The van der Waals surface area contributed by atoms with E-state index in [1.54, 1.807) is 30.4 Å². The van der Waals surface area contributed by atoms with E-state index in [9.17, 15) is 4.79 Å². The van der Waals surface area contributed by atoms with Gasteiger partial charge in [0.15, 0.2) is 5.69 Å². The number of para-hydroxylation sites is 1. The van der Waals surface area contributed by atoms with E-state index in [1.807, 2.05) is 60.7 Å². The van der Waals surface area contributed by atoms with Gasteiger partial charge in [-0.25, -0.2) is 4.68 Å². The van der Waals surface area contributed by atoms with Gasteiger partial charge in [-0.1, -0.05) is 30.3 Å². The minimum Gasteiger partial charge on any atom is -0.494 e. The summed E-state index contributed by atoms with van der Waals surface area (Å²) in [5, 5.41) is 15.2. The van der Waals surface area contributed by atoms with Crippen molar-refractivity contribution in [3.63, 3.8) is 0 Å². The van der Waals surface area contributed by atoms with Gasteiger partial charge in [0.1, 0.15) is 11.4 Å². The van der Waals surface area contributed by atoms with Crippen LogP contribution in [0.25, 0.3) is 22.5 Å². The van der Waals surface area contributed by atoms with Crippen molar-refractivity contribution in [1.29, 1.82) is 5.41 Å². The number of anilines is 1. The molecule has 0 aliphatic carbocycles. The van der Waals surface area contributed by atoms with Crippen LogP contribution in [0, 0.1) is 5.41 Å². The molecule has 4 aromatic rings. The van der Waals surface area contributed by atoms with Gasteiger partial charge in [-0.05, 0) is 42.0 Å². The van der Waals surface area contributed by atoms with Crippen LogP contribution in [0.3, 0.4) is 0 Å². The molecule has 0 spiro atoms. The van der Waals surface area contributed by atoms with Crippen molar-refractivity contribution >= 4 is 17.6 Å². The number of hydrogen-bond acceptors (Lipinski definition) is 6. The fraction of sp³-hybridized carbons (Fsp3) is 0.0400. The Morgan fingerprint density at radius 3 is 2.62 bits per heavy atom. The first kappa shape index (κ1) is 20.7. The number of aromatic nitrogens is 3. The maximum absolute atomic E-state index is 12.6. The minimum atomic E-state index is -0.260. The third kappa shape index (κ3) is 4.46. The third-order valence-corrected chi connectivity index (χ3v) is 4.79. The lowest BCUT2D eigenvalue weighted by Gasteiger charge is -2.15. The van der Waals surface area contributed by atoms with E-state index < -0.39 is 0 Å². The molecule has 2 aromatic heterocycles. The van der Waals surface area contributed by atoms with Crippen molar-refractivity contribution in [3.05, 3.63) is 107 Å². The van der Waals surface area contributed by atoms with Crippen LogP contribution in [-0.2, 0) is 0 Å². The summed E-state index contributed by atoms with van der Waals surface area (Å²) in [4.78, 5) is 16.8. The van der Waals surface area contributed by atoms with Crippen LogP contribution in [-0.4, -0.2) is 28.1 Å². The van der Waals surface area contributed by atoms with Gasteiger partial charge in [-0.2, -0.15) is 5.10 Å². The van der Waals surface area contributed by atoms with Crippen molar-refractivity contribution in [1.82, 2.24) is 14.8 Å². The zero-order valence-electron chi connectivity index (χ0n) is 17.4. The molecule has 0 bridgehead atoms. The number of pyridine rings is 1. The number of allylic oxidation sites excluding steroid dienone is 1. The van der Waals surface area contributed by atoms with E-state index in [-0.39, 0.29) is 11.1 Å². The topological polar surface area (TPSA) is 92.9 Å². The van der Waals surface area contributed by atoms with Crippen LogP contribution < -0.4 is 15.5 Å². The van der Waals surface area contributed by atoms with E-state index in [1.165, 1.54) is 12.1 Å². The molecule has 0 saturated heterocycles. The predicted octanol–water partition coefficient (Wildman–Crippen LogP) is 4.41. The number of rotatable bonds is 7. The average molecular weight is 423 g/mol. The largest absolute Gasteiger partial charge is 0.494 e. The zero-order valence-corrected chi connectivity index (χ0v) is 17.4. The number of nitrogens with zero attached hydrogens (tertiary/aromatic N) is 3. The molecule has 7 heteroatoms. The molecule has 0 amide bonds. The summed E-state index contributed by atoms with van der Waals surface area (Å²) in [6.45, 7) is 0. The summed E-state index contributed by atoms with van der Waals surface area (Å²) in [5.41, 5.74) is 3.74. The predicted molar refractivity (Wildman–Crippen MR) is 126 cm³/mol. The number of methoxy groups -OCH3 is 1. The van der Waals surface area contributed by atoms with Crippen molar-refractivity contribution < 1.29 is 4.74 Å². The van der Waals surface area contributed by atoms with E-state index in [0.717, 1.165) is 23.0 Å². The standard InChI is InChI=1S/C25H21N5O2/c1-32-24-16-18(19-6-5-14-27-17-19)9-10-22(24)30-15-12-23(31)25(29-30)21(11-13-26)28-20-7-3-2-4-8-20/h2-17,26,28H,1H3/b21-11-,26-13?. The fourth-order valence-corrected chi connectivity index (χ4v) is 3.25. The lowest BCUT2D eigenvalue weighted by molar-refractivity contribution is 0.411. The molecule has 7 nitrogen and oxygen atoms in total. The van der Waals surface area contributed by atoms with Crippen molar-refractivity contribution in [2.45, 2.75) is 0 Å². The van der Waals surface area contributed by atoms with Crippen molar-refractivity contribution in [2.24, 2.45) is 0 Å². The Balaban J connectivity index is 1.76. The lowest BCUT2D eigenvalue weighted by atomic mass is 10.1. The maximum atomic E-state index is 12.6. The second-order valence-electron chi connectivity index (χ2n) is 6.84. The van der Waals surface area contributed by atoms with Crippen LogP contribution >= 0.6 is 0 Å². The Morgan fingerprint density at radius 1 is 1.06 bits per heavy atom. The number of ether oxygens (including phenoxy) is 1. The second kappa shape index (κ2) is 9.53. The SMILES string of the molecule is COc1cc(-c2cccnc2)ccc1-n1ccc(=O)c(/C(=C/C=N)Nc2ccccc2)n1. The van der Waals surface area contributed by atoms with Crippen molar-refractivity contribution in [2.75, 3.05) is 12.4 Å². The van der Waals surface area contributed by atoms with E-state index in [2.05, 4.69) is 15.4 Å². The number of hydrogen-bond donors (Lipinski definition) is 2. The zero-order chi connectivity index (χ0) is 22.3.